The molecule has 0 bridgehead atoms. The van der Waals surface area contributed by atoms with Crippen molar-refractivity contribution >= 4 is 0 Å². The lowest BCUT2D eigenvalue weighted by atomic mass is 10.2. The fraction of sp³-hybridized carbons (Fsp3) is 0.467. The number of nitrogens with one attached hydrogen (secondary N) is 1. The number of aromatic nitrogens is 3. The summed E-state index contributed by atoms with van der Waals surface area (Å²) in [4.78, 5) is 0. The first-order valence-electron chi connectivity index (χ1n) is 6.91. The zero-order valence-corrected chi connectivity index (χ0v) is 12.3. The van der Waals surface area contributed by atoms with E-state index in [0.717, 1.165) is 24.5 Å². The van der Waals surface area contributed by atoms with Crippen LogP contribution in [0.15, 0.2) is 30.5 Å². The summed E-state index contributed by atoms with van der Waals surface area (Å²) < 4.78 is 7.34. The minimum atomic E-state index is 0.443. The van der Waals surface area contributed by atoms with E-state index in [4.69, 9.17) is 4.74 Å². The second kappa shape index (κ2) is 7.05. The van der Waals surface area contributed by atoms with Crippen molar-refractivity contribution in [1.29, 1.82) is 0 Å². The summed E-state index contributed by atoms with van der Waals surface area (Å²) in [6.07, 6.45) is 1.85. The number of ether oxygens (including phenoxy) is 1. The van der Waals surface area contributed by atoms with Crippen LogP contribution in [-0.4, -0.2) is 21.5 Å². The lowest BCUT2D eigenvalue weighted by Crippen LogP contribution is -2.18. The van der Waals surface area contributed by atoms with Crippen LogP contribution < -0.4 is 10.1 Å². The highest BCUT2D eigenvalue weighted by molar-refractivity contribution is 5.27. The Hall–Kier alpha value is -1.88. The van der Waals surface area contributed by atoms with Gasteiger partial charge in [-0.25, -0.2) is 0 Å². The molecule has 2 aromatic rings. The van der Waals surface area contributed by atoms with Crippen molar-refractivity contribution in [3.8, 4) is 5.75 Å². The van der Waals surface area contributed by atoms with Crippen LogP contribution in [-0.2, 0) is 20.2 Å². The number of aryl methyl sites for hydroxylation is 1. The first-order valence-corrected chi connectivity index (χ1v) is 6.91. The minimum absolute atomic E-state index is 0.443. The summed E-state index contributed by atoms with van der Waals surface area (Å²) >= 11 is 0. The SMILES string of the molecule is CC(C)CNCc1ccc(OCc2cn(C)nn2)cc1. The topological polar surface area (TPSA) is 52.0 Å². The molecule has 0 saturated carbocycles. The first-order chi connectivity index (χ1) is 9.63. The third-order valence-corrected chi connectivity index (χ3v) is 2.84. The summed E-state index contributed by atoms with van der Waals surface area (Å²) in [6.45, 7) is 6.78. The second-order valence-electron chi connectivity index (χ2n) is 5.34. The average Bonchev–Trinajstić information content (AvgIpc) is 2.83. The smallest absolute Gasteiger partial charge is 0.134 e. The van der Waals surface area contributed by atoms with Crippen molar-refractivity contribution in [2.45, 2.75) is 27.0 Å². The molecule has 0 radical (unpaired) electrons. The van der Waals surface area contributed by atoms with Crippen molar-refractivity contribution in [1.82, 2.24) is 20.3 Å². The fourth-order valence-electron chi connectivity index (χ4n) is 1.83. The molecule has 0 aliphatic rings. The number of rotatable bonds is 7. The quantitative estimate of drug-likeness (QED) is 0.840. The number of hydrogen-bond acceptors (Lipinski definition) is 4. The maximum Gasteiger partial charge on any atom is 0.134 e. The highest BCUT2D eigenvalue weighted by atomic mass is 16.5. The maximum absolute atomic E-state index is 5.67. The van der Waals surface area contributed by atoms with Gasteiger partial charge in [0.15, 0.2) is 0 Å². The molecule has 0 aliphatic heterocycles. The lowest BCUT2D eigenvalue weighted by molar-refractivity contribution is 0.301. The number of nitrogens with zero attached hydrogens (tertiary/aromatic N) is 3. The highest BCUT2D eigenvalue weighted by Gasteiger charge is 2.01. The van der Waals surface area contributed by atoms with E-state index in [1.54, 1.807) is 4.68 Å². The molecule has 0 fully saturated rings. The van der Waals surface area contributed by atoms with Crippen LogP contribution in [0.2, 0.25) is 0 Å². The maximum atomic E-state index is 5.67. The van der Waals surface area contributed by atoms with E-state index in [2.05, 4.69) is 41.6 Å². The van der Waals surface area contributed by atoms with Gasteiger partial charge in [0.25, 0.3) is 0 Å². The van der Waals surface area contributed by atoms with Gasteiger partial charge in [0.1, 0.15) is 18.1 Å². The van der Waals surface area contributed by atoms with Gasteiger partial charge in [-0.15, -0.1) is 5.10 Å². The van der Waals surface area contributed by atoms with Crippen molar-refractivity contribution < 1.29 is 4.74 Å². The Balaban J connectivity index is 1.79. The molecule has 0 amide bonds. The molecule has 5 heteroatoms. The van der Waals surface area contributed by atoms with E-state index < -0.39 is 0 Å². The normalized spacial score (nSPS) is 11.0. The fourth-order valence-corrected chi connectivity index (χ4v) is 1.83. The van der Waals surface area contributed by atoms with E-state index in [9.17, 15) is 0 Å². The zero-order chi connectivity index (χ0) is 14.4. The summed E-state index contributed by atoms with van der Waals surface area (Å²) in [5.74, 6) is 1.52. The number of benzene rings is 1. The van der Waals surface area contributed by atoms with E-state index in [1.807, 2.05) is 25.4 Å². The van der Waals surface area contributed by atoms with Crippen LogP contribution in [0.3, 0.4) is 0 Å². The van der Waals surface area contributed by atoms with Gasteiger partial charge in [0, 0.05) is 13.6 Å². The molecule has 108 valence electrons. The van der Waals surface area contributed by atoms with Crippen molar-refractivity contribution in [2.24, 2.45) is 13.0 Å². The number of hydrogen-bond donors (Lipinski definition) is 1. The Morgan fingerprint density at radius 2 is 2.00 bits per heavy atom. The summed E-state index contributed by atoms with van der Waals surface area (Å²) in [7, 11) is 1.84. The molecule has 5 nitrogen and oxygen atoms in total. The van der Waals surface area contributed by atoms with Crippen LogP contribution in [0.1, 0.15) is 25.1 Å². The van der Waals surface area contributed by atoms with Gasteiger partial charge in [0.05, 0.1) is 6.20 Å². The van der Waals surface area contributed by atoms with Gasteiger partial charge in [0.2, 0.25) is 0 Å². The van der Waals surface area contributed by atoms with Gasteiger partial charge in [-0.3, -0.25) is 4.68 Å². The summed E-state index contributed by atoms with van der Waals surface area (Å²) in [5.41, 5.74) is 2.09. The Kier molecular flexibility index (Phi) is 5.12. The molecule has 0 saturated heterocycles. The van der Waals surface area contributed by atoms with Gasteiger partial charge in [-0.1, -0.05) is 31.2 Å². The predicted molar refractivity (Wildman–Crippen MR) is 78.3 cm³/mol. The van der Waals surface area contributed by atoms with E-state index >= 15 is 0 Å². The minimum Gasteiger partial charge on any atom is -0.487 e. The van der Waals surface area contributed by atoms with E-state index in [-0.39, 0.29) is 0 Å². The second-order valence-corrected chi connectivity index (χ2v) is 5.34. The van der Waals surface area contributed by atoms with Crippen LogP contribution in [0, 0.1) is 5.92 Å². The molecule has 0 spiro atoms. The van der Waals surface area contributed by atoms with E-state index in [1.165, 1.54) is 5.56 Å². The molecule has 1 N–H and O–H groups in total. The standard InChI is InChI=1S/C15H22N4O/c1-12(2)8-16-9-13-4-6-15(7-5-13)20-11-14-10-19(3)18-17-14/h4-7,10,12,16H,8-9,11H2,1-3H3. The molecule has 20 heavy (non-hydrogen) atoms. The first kappa shape index (κ1) is 14.5. The van der Waals surface area contributed by atoms with Gasteiger partial charge in [-0.05, 0) is 30.2 Å². The predicted octanol–water partition coefficient (Wildman–Crippen LogP) is 2.14. The molecule has 2 rings (SSSR count). The monoisotopic (exact) mass is 274 g/mol. The van der Waals surface area contributed by atoms with Crippen LogP contribution in [0.4, 0.5) is 0 Å². The molecule has 0 aliphatic carbocycles. The van der Waals surface area contributed by atoms with Crippen LogP contribution in [0.25, 0.3) is 0 Å². The molecule has 1 aromatic carbocycles. The average molecular weight is 274 g/mol. The summed E-state index contributed by atoms with van der Waals surface area (Å²) in [5, 5.41) is 11.3. The third-order valence-electron chi connectivity index (χ3n) is 2.84. The zero-order valence-electron chi connectivity index (χ0n) is 12.3. The van der Waals surface area contributed by atoms with E-state index in [0.29, 0.717) is 12.5 Å². The molecular weight excluding hydrogens is 252 g/mol. The molecule has 0 unspecified atom stereocenters. The molecule has 0 atom stereocenters. The summed E-state index contributed by atoms with van der Waals surface area (Å²) in [6, 6.07) is 8.14. The Labute approximate surface area is 120 Å². The van der Waals surface area contributed by atoms with Crippen LogP contribution >= 0.6 is 0 Å². The molecular formula is C15H22N4O. The molecule has 1 aromatic heterocycles. The largest absolute Gasteiger partial charge is 0.487 e. The van der Waals surface area contributed by atoms with Gasteiger partial charge >= 0.3 is 0 Å². The lowest BCUT2D eigenvalue weighted by Gasteiger charge is -2.08. The third kappa shape index (κ3) is 4.66. The van der Waals surface area contributed by atoms with Crippen molar-refractivity contribution in [3.05, 3.63) is 41.7 Å². The van der Waals surface area contributed by atoms with Gasteiger partial charge < -0.3 is 10.1 Å². The van der Waals surface area contributed by atoms with Crippen molar-refractivity contribution in [3.63, 3.8) is 0 Å². The Bertz CT molecular complexity index is 519. The van der Waals surface area contributed by atoms with Gasteiger partial charge in [-0.2, -0.15) is 0 Å². The Morgan fingerprint density at radius 1 is 1.25 bits per heavy atom. The molecule has 1 heterocycles. The highest BCUT2D eigenvalue weighted by Crippen LogP contribution is 2.13. The Morgan fingerprint density at radius 3 is 2.60 bits per heavy atom. The van der Waals surface area contributed by atoms with Crippen molar-refractivity contribution in [2.75, 3.05) is 6.54 Å². The van der Waals surface area contributed by atoms with Crippen LogP contribution in [0.5, 0.6) is 5.75 Å².